The Labute approximate surface area is 60.9 Å². The molecule has 56 valence electrons. The lowest BCUT2D eigenvalue weighted by Gasteiger charge is -1.98. The number of esters is 1. The third kappa shape index (κ3) is 2.67. The summed E-state index contributed by atoms with van der Waals surface area (Å²) < 4.78 is 4.87. The summed E-state index contributed by atoms with van der Waals surface area (Å²) in [6.45, 7) is 0.598. The summed E-state index contributed by atoms with van der Waals surface area (Å²) in [5, 5.41) is 0. The summed E-state index contributed by atoms with van der Waals surface area (Å²) in [4.78, 5) is 10.7. The zero-order valence-electron chi connectivity index (χ0n) is 6.01. The van der Waals surface area contributed by atoms with Gasteiger partial charge in [-0.1, -0.05) is 12.2 Å². The van der Waals surface area contributed by atoms with Crippen LogP contribution < -0.4 is 0 Å². The molecule has 0 amide bonds. The first-order valence-electron chi connectivity index (χ1n) is 3.70. The molecule has 0 radical (unpaired) electrons. The van der Waals surface area contributed by atoms with Gasteiger partial charge in [0.05, 0.1) is 13.0 Å². The van der Waals surface area contributed by atoms with Crippen LogP contribution in [0, 0.1) is 0 Å². The zero-order chi connectivity index (χ0) is 7.23. The van der Waals surface area contributed by atoms with E-state index in [9.17, 15) is 4.79 Å². The second-order valence-electron chi connectivity index (χ2n) is 2.39. The molecule has 1 heterocycles. The lowest BCUT2D eigenvalue weighted by atomic mass is 10.2. The Balaban J connectivity index is 2.33. The molecule has 0 aliphatic carbocycles. The summed E-state index contributed by atoms with van der Waals surface area (Å²) >= 11 is 0. The maximum absolute atomic E-state index is 10.7. The average molecular weight is 140 g/mol. The van der Waals surface area contributed by atoms with Crippen LogP contribution in [0.25, 0.3) is 0 Å². The highest BCUT2D eigenvalue weighted by molar-refractivity contribution is 5.71. The molecule has 0 bridgehead atoms. The minimum atomic E-state index is -0.0989. The van der Waals surface area contributed by atoms with Crippen molar-refractivity contribution in [3.05, 3.63) is 12.2 Å². The highest BCUT2D eigenvalue weighted by Gasteiger charge is 2.00. The number of carbonyl (C=O) groups is 1. The predicted molar refractivity (Wildman–Crippen MR) is 38.6 cm³/mol. The fraction of sp³-hybridized carbons (Fsp3) is 0.625. The molecule has 0 saturated carbocycles. The summed E-state index contributed by atoms with van der Waals surface area (Å²) in [6, 6.07) is 0. The average Bonchev–Trinajstić information content (AvgIpc) is 2.02. The molecule has 0 unspecified atom stereocenters. The van der Waals surface area contributed by atoms with Gasteiger partial charge in [0.1, 0.15) is 0 Å². The molecule has 2 nitrogen and oxygen atoms in total. The van der Waals surface area contributed by atoms with E-state index in [2.05, 4.69) is 0 Å². The summed E-state index contributed by atoms with van der Waals surface area (Å²) in [5.41, 5.74) is 0. The monoisotopic (exact) mass is 140 g/mol. The zero-order valence-corrected chi connectivity index (χ0v) is 6.01. The lowest BCUT2D eigenvalue weighted by Crippen LogP contribution is -2.03. The largest absolute Gasteiger partial charge is 0.465 e. The van der Waals surface area contributed by atoms with Gasteiger partial charge in [-0.15, -0.1) is 0 Å². The van der Waals surface area contributed by atoms with Crippen LogP contribution in [0.1, 0.15) is 25.7 Å². The Kier molecular flexibility index (Phi) is 3.00. The van der Waals surface area contributed by atoms with E-state index in [4.69, 9.17) is 4.74 Å². The number of ether oxygens (including phenoxy) is 1. The Hall–Kier alpha value is -0.790. The minimum Gasteiger partial charge on any atom is -0.465 e. The van der Waals surface area contributed by atoms with Crippen LogP contribution in [0.5, 0.6) is 0 Å². The number of cyclic esters (lactones) is 1. The summed E-state index contributed by atoms with van der Waals surface area (Å²) in [6.07, 6.45) is 7.58. The topological polar surface area (TPSA) is 26.3 Å². The first kappa shape index (κ1) is 7.32. The second kappa shape index (κ2) is 4.09. The van der Waals surface area contributed by atoms with E-state index in [0.29, 0.717) is 13.0 Å². The van der Waals surface area contributed by atoms with Crippen molar-refractivity contribution < 1.29 is 9.53 Å². The molecule has 0 aromatic rings. The first-order chi connectivity index (χ1) is 4.89. The number of hydrogen-bond acceptors (Lipinski definition) is 2. The van der Waals surface area contributed by atoms with Crippen LogP contribution in [0.15, 0.2) is 12.2 Å². The van der Waals surface area contributed by atoms with E-state index in [1.165, 1.54) is 0 Å². The molecule has 10 heavy (non-hydrogen) atoms. The smallest absolute Gasteiger partial charge is 0.309 e. The standard InChI is InChI=1S/C8H12O2/c9-8-6-4-2-1-3-5-7-10-8/h2,4H,1,3,5-7H2/b4-2-. The van der Waals surface area contributed by atoms with Crippen molar-refractivity contribution in [3.8, 4) is 0 Å². The van der Waals surface area contributed by atoms with Crippen molar-refractivity contribution in [3.63, 3.8) is 0 Å². The van der Waals surface area contributed by atoms with E-state index in [0.717, 1.165) is 19.3 Å². The first-order valence-corrected chi connectivity index (χ1v) is 3.70. The number of allylic oxidation sites excluding steroid dienone is 1. The van der Waals surface area contributed by atoms with Gasteiger partial charge in [0.2, 0.25) is 0 Å². The van der Waals surface area contributed by atoms with Crippen LogP contribution in [-0.4, -0.2) is 12.6 Å². The van der Waals surface area contributed by atoms with Gasteiger partial charge in [0.25, 0.3) is 0 Å². The second-order valence-corrected chi connectivity index (χ2v) is 2.39. The molecule has 0 atom stereocenters. The van der Waals surface area contributed by atoms with Gasteiger partial charge in [-0.05, 0) is 19.3 Å². The van der Waals surface area contributed by atoms with E-state index >= 15 is 0 Å². The van der Waals surface area contributed by atoms with E-state index in [1.807, 2.05) is 12.2 Å². The van der Waals surface area contributed by atoms with Gasteiger partial charge < -0.3 is 4.74 Å². The Morgan fingerprint density at radius 3 is 3.10 bits per heavy atom. The molecule has 2 heteroatoms. The minimum absolute atomic E-state index is 0.0989. The van der Waals surface area contributed by atoms with Crippen LogP contribution >= 0.6 is 0 Å². The number of carbonyl (C=O) groups excluding carboxylic acids is 1. The van der Waals surface area contributed by atoms with Crippen molar-refractivity contribution in [2.75, 3.05) is 6.61 Å². The highest BCUT2D eigenvalue weighted by Crippen LogP contribution is 2.02. The molecule has 1 rings (SSSR count). The van der Waals surface area contributed by atoms with Gasteiger partial charge in [-0.2, -0.15) is 0 Å². The molecule has 0 N–H and O–H groups in total. The van der Waals surface area contributed by atoms with Crippen LogP contribution in [0.3, 0.4) is 0 Å². The van der Waals surface area contributed by atoms with Crippen LogP contribution in [0.2, 0.25) is 0 Å². The van der Waals surface area contributed by atoms with E-state index in [1.54, 1.807) is 0 Å². The fourth-order valence-electron chi connectivity index (χ4n) is 0.907. The lowest BCUT2D eigenvalue weighted by molar-refractivity contribution is -0.142. The van der Waals surface area contributed by atoms with Crippen molar-refractivity contribution >= 4 is 5.97 Å². The molecule has 0 spiro atoms. The summed E-state index contributed by atoms with van der Waals surface area (Å²) in [5.74, 6) is -0.0989. The van der Waals surface area contributed by atoms with Crippen molar-refractivity contribution in [1.29, 1.82) is 0 Å². The Morgan fingerprint density at radius 1 is 1.30 bits per heavy atom. The van der Waals surface area contributed by atoms with Crippen molar-refractivity contribution in [2.24, 2.45) is 0 Å². The quantitative estimate of drug-likeness (QED) is 0.378. The van der Waals surface area contributed by atoms with Gasteiger partial charge >= 0.3 is 5.97 Å². The Bertz CT molecular complexity index is 138. The van der Waals surface area contributed by atoms with Crippen LogP contribution in [-0.2, 0) is 9.53 Å². The molecule has 0 aromatic carbocycles. The summed E-state index contributed by atoms with van der Waals surface area (Å²) in [7, 11) is 0. The molecule has 0 aromatic heterocycles. The maximum atomic E-state index is 10.7. The molecular weight excluding hydrogens is 128 g/mol. The van der Waals surface area contributed by atoms with Crippen molar-refractivity contribution in [1.82, 2.24) is 0 Å². The van der Waals surface area contributed by atoms with Gasteiger partial charge in [0, 0.05) is 0 Å². The Morgan fingerprint density at radius 2 is 2.20 bits per heavy atom. The maximum Gasteiger partial charge on any atom is 0.309 e. The van der Waals surface area contributed by atoms with Gasteiger partial charge in [-0.3, -0.25) is 4.79 Å². The third-order valence-corrected chi connectivity index (χ3v) is 1.48. The third-order valence-electron chi connectivity index (χ3n) is 1.48. The van der Waals surface area contributed by atoms with E-state index < -0.39 is 0 Å². The molecule has 0 fully saturated rings. The normalized spacial score (nSPS) is 23.8. The molecular formula is C8H12O2. The van der Waals surface area contributed by atoms with Crippen molar-refractivity contribution in [2.45, 2.75) is 25.7 Å². The molecule has 0 saturated heterocycles. The van der Waals surface area contributed by atoms with Gasteiger partial charge in [-0.25, -0.2) is 0 Å². The van der Waals surface area contributed by atoms with E-state index in [-0.39, 0.29) is 5.97 Å². The molecule has 1 aliphatic rings. The fourth-order valence-corrected chi connectivity index (χ4v) is 0.907. The number of rotatable bonds is 0. The highest BCUT2D eigenvalue weighted by atomic mass is 16.5. The number of hydrogen-bond donors (Lipinski definition) is 0. The SMILES string of the molecule is O=C1C/C=C\CCCCO1. The van der Waals surface area contributed by atoms with Crippen LogP contribution in [0.4, 0.5) is 0 Å². The predicted octanol–water partition coefficient (Wildman–Crippen LogP) is 1.66. The molecule has 1 aliphatic heterocycles. The van der Waals surface area contributed by atoms with Gasteiger partial charge in [0.15, 0.2) is 0 Å².